The van der Waals surface area contributed by atoms with Crippen LogP contribution < -0.4 is 10.5 Å². The van der Waals surface area contributed by atoms with Gasteiger partial charge in [-0.2, -0.15) is 10.2 Å². The molecule has 2 aromatic rings. The monoisotopic (exact) mass is 353 g/mol. The number of nitrogens with zero attached hydrogens (tertiary/aromatic N) is 5. The summed E-state index contributed by atoms with van der Waals surface area (Å²) in [4.78, 5) is 14.5. The van der Waals surface area contributed by atoms with E-state index < -0.39 is 0 Å². The van der Waals surface area contributed by atoms with Crippen molar-refractivity contribution in [2.75, 3.05) is 18.0 Å². The first kappa shape index (κ1) is 17.2. The first-order valence-electron chi connectivity index (χ1n) is 9.59. The Hall–Kier alpha value is -2.24. The Balaban J connectivity index is 1.39. The van der Waals surface area contributed by atoms with Gasteiger partial charge in [0.05, 0.1) is 17.9 Å². The smallest absolute Gasteiger partial charge is 0.267 e. The van der Waals surface area contributed by atoms with Gasteiger partial charge in [-0.25, -0.2) is 4.68 Å². The molecule has 2 aliphatic rings. The first-order chi connectivity index (χ1) is 12.4. The van der Waals surface area contributed by atoms with E-state index in [1.54, 1.807) is 10.7 Å². The van der Waals surface area contributed by atoms with E-state index in [2.05, 4.69) is 47.0 Å². The van der Waals surface area contributed by atoms with Crippen molar-refractivity contribution in [3.05, 3.63) is 45.5 Å². The van der Waals surface area contributed by atoms with Crippen molar-refractivity contribution in [3.8, 4) is 0 Å². The summed E-state index contributed by atoms with van der Waals surface area (Å²) in [5, 5.41) is 13.4. The van der Waals surface area contributed by atoms with Crippen LogP contribution in [0.3, 0.4) is 0 Å². The second-order valence-corrected chi connectivity index (χ2v) is 8.64. The highest BCUT2D eigenvalue weighted by Crippen LogP contribution is 2.26. The lowest BCUT2D eigenvalue weighted by molar-refractivity contribution is 0.329. The summed E-state index contributed by atoms with van der Waals surface area (Å²) in [6, 6.07) is 5.91. The zero-order chi connectivity index (χ0) is 18.3. The Morgan fingerprint density at radius 3 is 2.58 bits per heavy atom. The Kier molecular flexibility index (Phi) is 4.29. The standard InChI is InChI=1S/C20H27N5O/c1-20(2,3)17-8-9-18(22-21-17)24-11-14(12-24)13-25-19(26)10-15-6-4-5-7-16(15)23-25/h8-10,14H,4-7,11-13H2,1-3H3. The zero-order valence-electron chi connectivity index (χ0n) is 15.9. The van der Waals surface area contributed by atoms with E-state index in [4.69, 9.17) is 0 Å². The minimum absolute atomic E-state index is 0.0162. The van der Waals surface area contributed by atoms with Crippen molar-refractivity contribution in [1.29, 1.82) is 0 Å². The lowest BCUT2D eigenvalue weighted by Crippen LogP contribution is -2.50. The van der Waals surface area contributed by atoms with Crippen molar-refractivity contribution in [1.82, 2.24) is 20.0 Å². The molecule has 1 aliphatic carbocycles. The van der Waals surface area contributed by atoms with Crippen molar-refractivity contribution in [2.45, 2.75) is 58.4 Å². The second-order valence-electron chi connectivity index (χ2n) is 8.64. The summed E-state index contributed by atoms with van der Waals surface area (Å²) >= 11 is 0. The number of hydrogen-bond acceptors (Lipinski definition) is 5. The largest absolute Gasteiger partial charge is 0.354 e. The average molecular weight is 353 g/mol. The number of aromatic nitrogens is 4. The van der Waals surface area contributed by atoms with Gasteiger partial charge in [-0.05, 0) is 43.4 Å². The molecule has 0 aromatic carbocycles. The van der Waals surface area contributed by atoms with Crippen LogP contribution in [0.15, 0.2) is 23.0 Å². The average Bonchev–Trinajstić information content (AvgIpc) is 2.57. The van der Waals surface area contributed by atoms with Gasteiger partial charge in [-0.3, -0.25) is 4.79 Å². The third-order valence-corrected chi connectivity index (χ3v) is 5.41. The number of anilines is 1. The van der Waals surface area contributed by atoms with Crippen molar-refractivity contribution >= 4 is 5.82 Å². The molecule has 1 fully saturated rings. The molecule has 0 amide bonds. The molecule has 0 atom stereocenters. The minimum atomic E-state index is 0.0162. The number of aryl methyl sites for hydroxylation is 2. The molecule has 1 saturated heterocycles. The lowest BCUT2D eigenvalue weighted by Gasteiger charge is -2.40. The molecule has 1 aliphatic heterocycles. The highest BCUT2D eigenvalue weighted by atomic mass is 16.1. The molecule has 6 heteroatoms. The molecular weight excluding hydrogens is 326 g/mol. The van der Waals surface area contributed by atoms with Gasteiger partial charge in [0.25, 0.3) is 5.56 Å². The molecule has 26 heavy (non-hydrogen) atoms. The molecule has 6 nitrogen and oxygen atoms in total. The van der Waals surface area contributed by atoms with E-state index in [1.807, 2.05) is 6.07 Å². The summed E-state index contributed by atoms with van der Waals surface area (Å²) in [6.07, 6.45) is 4.35. The summed E-state index contributed by atoms with van der Waals surface area (Å²) in [5.41, 5.74) is 3.33. The van der Waals surface area contributed by atoms with E-state index in [1.165, 1.54) is 12.8 Å². The summed E-state index contributed by atoms with van der Waals surface area (Å²) in [5.74, 6) is 1.35. The molecule has 138 valence electrons. The number of hydrogen-bond donors (Lipinski definition) is 0. The molecule has 0 radical (unpaired) electrons. The van der Waals surface area contributed by atoms with Crippen LogP contribution in [0.5, 0.6) is 0 Å². The maximum Gasteiger partial charge on any atom is 0.267 e. The molecular formula is C20H27N5O. The number of fused-ring (bicyclic) bond motifs is 1. The summed E-state index contributed by atoms with van der Waals surface area (Å²) in [7, 11) is 0. The summed E-state index contributed by atoms with van der Waals surface area (Å²) in [6.45, 7) is 8.90. The van der Waals surface area contributed by atoms with Crippen LogP contribution in [-0.2, 0) is 24.8 Å². The van der Waals surface area contributed by atoms with E-state index in [9.17, 15) is 4.79 Å². The zero-order valence-corrected chi connectivity index (χ0v) is 15.9. The van der Waals surface area contributed by atoms with Crippen LogP contribution in [-0.4, -0.2) is 33.1 Å². The van der Waals surface area contributed by atoms with Gasteiger partial charge in [0.1, 0.15) is 0 Å². The Labute approximate surface area is 154 Å². The van der Waals surface area contributed by atoms with Crippen LogP contribution in [0.4, 0.5) is 5.82 Å². The molecule has 3 heterocycles. The third-order valence-electron chi connectivity index (χ3n) is 5.41. The predicted molar refractivity (Wildman–Crippen MR) is 102 cm³/mol. The Morgan fingerprint density at radius 2 is 1.88 bits per heavy atom. The fourth-order valence-corrected chi connectivity index (χ4v) is 3.74. The lowest BCUT2D eigenvalue weighted by atomic mass is 9.92. The van der Waals surface area contributed by atoms with E-state index in [0.29, 0.717) is 12.5 Å². The topological polar surface area (TPSA) is 63.9 Å². The highest BCUT2D eigenvalue weighted by molar-refractivity contribution is 5.41. The minimum Gasteiger partial charge on any atom is -0.354 e. The van der Waals surface area contributed by atoms with Crippen LogP contribution in [0.1, 0.15) is 50.6 Å². The first-order valence-corrected chi connectivity index (χ1v) is 9.59. The highest BCUT2D eigenvalue weighted by Gasteiger charge is 2.29. The van der Waals surface area contributed by atoms with Gasteiger partial charge in [0.2, 0.25) is 0 Å². The molecule has 0 bridgehead atoms. The Bertz CT molecular complexity index is 844. The third kappa shape index (κ3) is 3.37. The van der Waals surface area contributed by atoms with Gasteiger partial charge in [0.15, 0.2) is 5.82 Å². The van der Waals surface area contributed by atoms with Gasteiger partial charge in [0, 0.05) is 30.5 Å². The van der Waals surface area contributed by atoms with Gasteiger partial charge in [-0.15, -0.1) is 5.10 Å². The second kappa shape index (κ2) is 6.49. The number of rotatable bonds is 3. The van der Waals surface area contributed by atoms with Crippen molar-refractivity contribution in [3.63, 3.8) is 0 Å². The molecule has 0 spiro atoms. The van der Waals surface area contributed by atoms with Gasteiger partial charge in [-0.1, -0.05) is 20.8 Å². The molecule has 2 aromatic heterocycles. The normalized spacial score (nSPS) is 17.7. The Morgan fingerprint density at radius 1 is 1.12 bits per heavy atom. The van der Waals surface area contributed by atoms with Crippen molar-refractivity contribution in [2.24, 2.45) is 5.92 Å². The fourth-order valence-electron chi connectivity index (χ4n) is 3.74. The molecule has 0 N–H and O–H groups in total. The van der Waals surface area contributed by atoms with Gasteiger partial charge < -0.3 is 4.90 Å². The molecule has 4 rings (SSSR count). The van der Waals surface area contributed by atoms with Crippen molar-refractivity contribution < 1.29 is 0 Å². The van der Waals surface area contributed by atoms with Crippen LogP contribution >= 0.6 is 0 Å². The van der Waals surface area contributed by atoms with Crippen LogP contribution in [0, 0.1) is 5.92 Å². The van der Waals surface area contributed by atoms with E-state index in [-0.39, 0.29) is 11.0 Å². The maximum absolute atomic E-state index is 12.3. The molecule has 0 saturated carbocycles. The van der Waals surface area contributed by atoms with Gasteiger partial charge >= 0.3 is 0 Å². The van der Waals surface area contributed by atoms with Crippen LogP contribution in [0.2, 0.25) is 0 Å². The SMILES string of the molecule is CC(C)(C)c1ccc(N2CC(Cn3nc4c(cc3=O)CCCC4)C2)nn1. The quantitative estimate of drug-likeness (QED) is 0.847. The predicted octanol–water partition coefficient (Wildman–Crippen LogP) is 2.35. The molecule has 0 unspecified atom stereocenters. The summed E-state index contributed by atoms with van der Waals surface area (Å²) < 4.78 is 1.67. The van der Waals surface area contributed by atoms with Crippen LogP contribution in [0.25, 0.3) is 0 Å². The van der Waals surface area contributed by atoms with E-state index in [0.717, 1.165) is 48.7 Å². The fraction of sp³-hybridized carbons (Fsp3) is 0.600. The maximum atomic E-state index is 12.3. The van der Waals surface area contributed by atoms with E-state index >= 15 is 0 Å².